The van der Waals surface area contributed by atoms with E-state index in [0.29, 0.717) is 24.7 Å². The molecule has 0 radical (unpaired) electrons. The molecule has 0 saturated carbocycles. The van der Waals surface area contributed by atoms with Gasteiger partial charge in [-0.1, -0.05) is 30.3 Å². The number of aryl methyl sites for hydroxylation is 1. The number of carboxylic acid groups (broad SMARTS) is 1. The summed E-state index contributed by atoms with van der Waals surface area (Å²) in [5.41, 5.74) is 3.11. The third-order valence-electron chi connectivity index (χ3n) is 7.89. The molecule has 0 aliphatic carbocycles. The van der Waals surface area contributed by atoms with Crippen LogP contribution in [0.25, 0.3) is 10.9 Å². The first-order valence-electron chi connectivity index (χ1n) is 13.6. The first-order chi connectivity index (χ1) is 18.0. The molecule has 6 nitrogen and oxygen atoms in total. The fourth-order valence-corrected chi connectivity index (χ4v) is 5.78. The molecule has 3 aromatic rings. The summed E-state index contributed by atoms with van der Waals surface area (Å²) in [6, 6.07) is 18.3. The summed E-state index contributed by atoms with van der Waals surface area (Å²) in [6.07, 6.45) is 8.10. The average Bonchev–Trinajstić information content (AvgIpc) is 2.93. The van der Waals surface area contributed by atoms with Crippen molar-refractivity contribution >= 4 is 16.9 Å². The number of likely N-dealkylation sites (tertiary alicyclic amines) is 1. The van der Waals surface area contributed by atoms with E-state index in [1.165, 1.54) is 12.0 Å². The lowest BCUT2D eigenvalue weighted by Gasteiger charge is -2.39. The molecule has 1 fully saturated rings. The summed E-state index contributed by atoms with van der Waals surface area (Å²) in [5, 5.41) is 21.4. The number of aromatic nitrogens is 1. The Morgan fingerprint density at radius 1 is 1.11 bits per heavy atom. The molecule has 2 aromatic carbocycles. The lowest BCUT2D eigenvalue weighted by molar-refractivity contribution is -0.137. The number of methoxy groups -OCH3 is 1. The SMILES string of the molecule is COc1ccc2nccc([C@H](O)CC[C@@H]3CCN(CCCCc4ccccc4)C[C@H]3CCC(=O)O)c2c1. The van der Waals surface area contributed by atoms with E-state index in [9.17, 15) is 15.0 Å². The fourth-order valence-electron chi connectivity index (χ4n) is 5.78. The van der Waals surface area contributed by atoms with Gasteiger partial charge in [-0.2, -0.15) is 0 Å². The number of ether oxygens (including phenoxy) is 1. The number of hydrogen-bond acceptors (Lipinski definition) is 5. The predicted molar refractivity (Wildman–Crippen MR) is 147 cm³/mol. The minimum absolute atomic E-state index is 0.209. The van der Waals surface area contributed by atoms with Crippen LogP contribution in [-0.4, -0.2) is 52.8 Å². The van der Waals surface area contributed by atoms with Gasteiger partial charge in [0.25, 0.3) is 0 Å². The second kappa shape index (κ2) is 13.5. The van der Waals surface area contributed by atoms with Gasteiger partial charge in [-0.25, -0.2) is 0 Å². The summed E-state index contributed by atoms with van der Waals surface area (Å²) in [6.45, 7) is 3.07. The summed E-state index contributed by atoms with van der Waals surface area (Å²) >= 11 is 0. The molecule has 0 unspecified atom stereocenters. The Kier molecular flexibility index (Phi) is 9.92. The summed E-state index contributed by atoms with van der Waals surface area (Å²) in [5.74, 6) is 0.799. The van der Waals surface area contributed by atoms with E-state index < -0.39 is 12.1 Å². The normalized spacial score (nSPS) is 19.1. The highest BCUT2D eigenvalue weighted by molar-refractivity contribution is 5.83. The molecule has 198 valence electrons. The molecule has 6 heteroatoms. The Hall–Kier alpha value is -2.96. The number of aliphatic hydroxyl groups is 1. The van der Waals surface area contributed by atoms with E-state index in [1.807, 2.05) is 24.3 Å². The van der Waals surface area contributed by atoms with Crippen molar-refractivity contribution in [2.75, 3.05) is 26.7 Å². The van der Waals surface area contributed by atoms with Gasteiger partial charge in [-0.15, -0.1) is 0 Å². The zero-order valence-electron chi connectivity index (χ0n) is 21.9. The van der Waals surface area contributed by atoms with E-state index in [-0.39, 0.29) is 6.42 Å². The monoisotopic (exact) mass is 504 g/mol. The minimum atomic E-state index is -0.726. The highest BCUT2D eigenvalue weighted by Gasteiger charge is 2.30. The van der Waals surface area contributed by atoms with E-state index in [2.05, 4.69) is 40.2 Å². The molecule has 1 aliphatic heterocycles. The number of pyridine rings is 1. The quantitative estimate of drug-likeness (QED) is 0.283. The van der Waals surface area contributed by atoms with Crippen molar-refractivity contribution in [3.63, 3.8) is 0 Å². The average molecular weight is 505 g/mol. The van der Waals surface area contributed by atoms with Crippen LogP contribution < -0.4 is 4.74 Å². The smallest absolute Gasteiger partial charge is 0.303 e. The molecule has 1 aromatic heterocycles. The number of fused-ring (bicyclic) bond motifs is 1. The van der Waals surface area contributed by atoms with Gasteiger partial charge in [-0.05, 0) is 105 Å². The maximum absolute atomic E-state index is 11.3. The topological polar surface area (TPSA) is 82.9 Å². The lowest BCUT2D eigenvalue weighted by atomic mass is 9.79. The molecular formula is C31H40N2O4. The number of unbranched alkanes of at least 4 members (excludes halogenated alkanes) is 1. The van der Waals surface area contributed by atoms with E-state index in [1.54, 1.807) is 13.3 Å². The zero-order valence-corrected chi connectivity index (χ0v) is 21.9. The molecule has 2 heterocycles. The zero-order chi connectivity index (χ0) is 26.0. The van der Waals surface area contributed by atoms with Crippen LogP contribution in [0.3, 0.4) is 0 Å². The third kappa shape index (κ3) is 7.76. The Labute approximate surface area is 220 Å². The Bertz CT molecular complexity index is 1140. The van der Waals surface area contributed by atoms with Crippen molar-refractivity contribution in [2.24, 2.45) is 11.8 Å². The number of carboxylic acids is 1. The number of nitrogens with zero attached hydrogens (tertiary/aromatic N) is 2. The first-order valence-corrected chi connectivity index (χ1v) is 13.6. The number of hydrogen-bond donors (Lipinski definition) is 2. The van der Waals surface area contributed by atoms with E-state index in [0.717, 1.165) is 67.5 Å². The van der Waals surface area contributed by atoms with Crippen LogP contribution in [0.1, 0.15) is 62.2 Å². The second-order valence-corrected chi connectivity index (χ2v) is 10.4. The van der Waals surface area contributed by atoms with Gasteiger partial charge in [0.15, 0.2) is 0 Å². The third-order valence-corrected chi connectivity index (χ3v) is 7.89. The fraction of sp³-hybridized carbons (Fsp3) is 0.484. The van der Waals surface area contributed by atoms with Gasteiger partial charge in [0.05, 0.1) is 18.7 Å². The molecule has 4 rings (SSSR count). The van der Waals surface area contributed by atoms with Gasteiger partial charge >= 0.3 is 5.97 Å². The first kappa shape index (κ1) is 27.1. The number of aliphatic hydroxyl groups excluding tert-OH is 1. The molecule has 0 bridgehead atoms. The molecule has 3 atom stereocenters. The van der Waals surface area contributed by atoms with Gasteiger partial charge in [-0.3, -0.25) is 9.78 Å². The van der Waals surface area contributed by atoms with Crippen molar-refractivity contribution in [3.05, 3.63) is 71.9 Å². The van der Waals surface area contributed by atoms with Crippen molar-refractivity contribution in [1.82, 2.24) is 9.88 Å². The molecule has 1 saturated heterocycles. The van der Waals surface area contributed by atoms with Crippen LogP contribution in [0.2, 0.25) is 0 Å². The Balaban J connectivity index is 1.32. The maximum Gasteiger partial charge on any atom is 0.303 e. The van der Waals surface area contributed by atoms with Crippen LogP contribution >= 0.6 is 0 Å². The molecule has 2 N–H and O–H groups in total. The highest BCUT2D eigenvalue weighted by Crippen LogP contribution is 2.35. The van der Waals surface area contributed by atoms with Crippen LogP contribution in [-0.2, 0) is 11.2 Å². The van der Waals surface area contributed by atoms with Gasteiger partial charge in [0.1, 0.15) is 5.75 Å². The summed E-state index contributed by atoms with van der Waals surface area (Å²) in [7, 11) is 1.64. The van der Waals surface area contributed by atoms with Crippen molar-refractivity contribution in [3.8, 4) is 5.75 Å². The van der Waals surface area contributed by atoms with E-state index >= 15 is 0 Å². The van der Waals surface area contributed by atoms with Gasteiger partial charge < -0.3 is 19.8 Å². The highest BCUT2D eigenvalue weighted by atomic mass is 16.5. The molecule has 37 heavy (non-hydrogen) atoms. The molecule has 1 aliphatic rings. The number of piperidine rings is 1. The standard InChI is InChI=1S/C31H40N2O4/c1-37-26-12-13-29-28(21-26)27(16-18-32-29)30(34)14-10-24-17-20-33(22-25(24)11-15-31(35)36)19-6-5-9-23-7-3-2-4-8-23/h2-4,7-8,12-13,16,18,21,24-25,30,34H,5-6,9-11,14-15,17,19-20,22H2,1H3,(H,35,36)/t24-,25-,30-/m1/s1. The Morgan fingerprint density at radius 2 is 1.95 bits per heavy atom. The number of benzene rings is 2. The predicted octanol–water partition coefficient (Wildman–Crippen LogP) is 5.88. The molecular weight excluding hydrogens is 464 g/mol. The number of rotatable bonds is 13. The van der Waals surface area contributed by atoms with Crippen LogP contribution in [0.5, 0.6) is 5.75 Å². The summed E-state index contributed by atoms with van der Waals surface area (Å²) in [4.78, 5) is 18.3. The molecule has 0 amide bonds. The maximum atomic E-state index is 11.3. The van der Waals surface area contributed by atoms with Crippen LogP contribution in [0.4, 0.5) is 0 Å². The number of carbonyl (C=O) groups is 1. The molecule has 0 spiro atoms. The Morgan fingerprint density at radius 3 is 2.73 bits per heavy atom. The van der Waals surface area contributed by atoms with Gasteiger partial charge in [0.2, 0.25) is 0 Å². The number of aliphatic carboxylic acids is 1. The lowest BCUT2D eigenvalue weighted by Crippen LogP contribution is -2.41. The summed E-state index contributed by atoms with van der Waals surface area (Å²) < 4.78 is 5.38. The van der Waals surface area contributed by atoms with E-state index in [4.69, 9.17) is 4.74 Å². The van der Waals surface area contributed by atoms with Crippen LogP contribution in [0.15, 0.2) is 60.8 Å². The second-order valence-electron chi connectivity index (χ2n) is 10.4. The van der Waals surface area contributed by atoms with Crippen molar-refractivity contribution in [2.45, 2.75) is 57.5 Å². The van der Waals surface area contributed by atoms with Crippen LogP contribution in [0, 0.1) is 11.8 Å². The minimum Gasteiger partial charge on any atom is -0.497 e. The van der Waals surface area contributed by atoms with Crippen molar-refractivity contribution < 1.29 is 19.7 Å². The van der Waals surface area contributed by atoms with Gasteiger partial charge in [0, 0.05) is 24.5 Å². The largest absolute Gasteiger partial charge is 0.497 e. The van der Waals surface area contributed by atoms with Crippen molar-refractivity contribution in [1.29, 1.82) is 0 Å².